The maximum atomic E-state index is 13.0. The summed E-state index contributed by atoms with van der Waals surface area (Å²) in [5, 5.41) is 0. The van der Waals surface area contributed by atoms with Gasteiger partial charge in [0.15, 0.2) is 37.4 Å². The van der Waals surface area contributed by atoms with Crippen LogP contribution in [-0.4, -0.2) is 107 Å². The number of H-pyrrole nitrogens is 2. The number of hydrogen-bond donors (Lipinski definition) is 3. The van der Waals surface area contributed by atoms with E-state index in [4.69, 9.17) is 30.2 Å². The van der Waals surface area contributed by atoms with Gasteiger partial charge in [0.1, 0.15) is 34.6 Å². The van der Waals surface area contributed by atoms with Gasteiger partial charge in [0.05, 0.1) is 111 Å². The van der Waals surface area contributed by atoms with E-state index >= 15 is 0 Å². The van der Waals surface area contributed by atoms with Crippen LogP contribution in [0.2, 0.25) is 0 Å². The van der Waals surface area contributed by atoms with E-state index in [-0.39, 0.29) is 133 Å². The fraction of sp³-hybridized carbons (Fsp3) is 0.264. The number of halogens is 10. The van der Waals surface area contributed by atoms with Crippen LogP contribution in [0.25, 0.3) is 87.7 Å². The summed E-state index contributed by atoms with van der Waals surface area (Å²) in [6.45, 7) is 6.97. The Morgan fingerprint density at radius 1 is 0.565 bits per heavy atom. The van der Waals surface area contributed by atoms with E-state index in [1.54, 1.807) is 33.3 Å². The van der Waals surface area contributed by atoms with Gasteiger partial charge in [-0.2, -0.15) is 39.5 Å². The number of aromatic amines is 2. The maximum absolute atomic E-state index is 13.0. The van der Waals surface area contributed by atoms with Gasteiger partial charge in [-0.25, -0.2) is 55.2 Å². The number of thiazole rings is 2. The standard InChI is InChI=1S/2C17H13F3N4O2S3.C16H14BrF3N4O2S.C3H6OS2.K/c2*1-3-29(25,26)13-5-10-12(28-16(27)23-10)4-8(13)15-22-9-6-14(17(18,19)20)21-7-11(9)24(15)2;1-3-27(25,26)13-5-10(21)9(17)4-8(13)15-23-11-6-14(16(18,19)20)22-7-12(11)24(15)2;1-2-4-3(5)6;/h2*4-7H,3H2,1-2H3,(H,23,27);4-7H,3,21H2,1-2H3;2H2,1H3,(H,5,6);/q;;;;+1/p-1. The second kappa shape index (κ2) is 28.4. The Hall–Kier alpha value is -5.01. The second-order valence-corrected chi connectivity index (χ2v) is 31.2. The minimum atomic E-state index is -4.60. The number of fused-ring (bicyclic) bond motifs is 5. The molecule has 0 unspecified atom stereocenters. The fourth-order valence-electron chi connectivity index (χ4n) is 8.86. The van der Waals surface area contributed by atoms with Gasteiger partial charge < -0.3 is 59.0 Å². The number of nitrogens with zero attached hydrogens (tertiary/aromatic N) is 9. The number of aryl methyl sites for hydroxylation is 3. The zero-order valence-corrected chi connectivity index (χ0v) is 60.7. The molecule has 8 heterocycles. The minimum absolute atomic E-state index is 0. The third-order valence-electron chi connectivity index (χ3n) is 13.4. The molecule has 11 rings (SSSR count). The van der Waals surface area contributed by atoms with E-state index in [1.165, 1.54) is 81.4 Å². The summed E-state index contributed by atoms with van der Waals surface area (Å²) in [7, 11) is -6.16. The summed E-state index contributed by atoms with van der Waals surface area (Å²) < 4.78 is 205. The van der Waals surface area contributed by atoms with Gasteiger partial charge in [0.2, 0.25) is 0 Å². The van der Waals surface area contributed by atoms with E-state index in [2.05, 4.69) is 85.4 Å². The normalized spacial score (nSPS) is 12.3. The molecule has 0 amide bonds. The van der Waals surface area contributed by atoms with Crippen LogP contribution in [-0.2, 0) is 86.5 Å². The number of nitrogens with one attached hydrogen (secondary N) is 2. The molecule has 0 fully saturated rings. The number of nitrogen functional groups attached to an aromatic ring is 1. The molecule has 3 aromatic carbocycles. The van der Waals surface area contributed by atoms with Crippen molar-refractivity contribution in [3.63, 3.8) is 0 Å². The van der Waals surface area contributed by atoms with Crippen molar-refractivity contribution >= 4 is 181 Å². The Labute approximate surface area is 597 Å². The van der Waals surface area contributed by atoms with E-state index < -0.39 is 65.1 Å². The van der Waals surface area contributed by atoms with Crippen molar-refractivity contribution in [2.24, 2.45) is 21.1 Å². The van der Waals surface area contributed by atoms with Crippen molar-refractivity contribution in [3.8, 4) is 34.2 Å². The van der Waals surface area contributed by atoms with E-state index in [0.717, 1.165) is 46.2 Å². The largest absolute Gasteiger partial charge is 1.00 e. The van der Waals surface area contributed by atoms with Crippen LogP contribution >= 0.6 is 75.3 Å². The average Bonchev–Trinajstić information content (AvgIpc) is 1.58. The molecule has 0 aliphatic heterocycles. The molecule has 0 aliphatic carbocycles. The van der Waals surface area contributed by atoms with Crippen molar-refractivity contribution in [2.45, 2.75) is 60.9 Å². The zero-order valence-electron chi connectivity index (χ0n) is 48.7. The average molecular weight is 1540 g/mol. The molecular formula is C53H45BrF9KN12O7S9. The molecule has 92 heavy (non-hydrogen) atoms. The molecule has 0 saturated carbocycles. The van der Waals surface area contributed by atoms with Gasteiger partial charge in [-0.3, -0.25) is 0 Å². The number of pyridine rings is 3. The first-order valence-corrected chi connectivity index (χ1v) is 34.9. The van der Waals surface area contributed by atoms with Crippen LogP contribution in [0.15, 0.2) is 92.3 Å². The van der Waals surface area contributed by atoms with Crippen LogP contribution in [0, 0.1) is 7.91 Å². The molecule has 8 aromatic heterocycles. The summed E-state index contributed by atoms with van der Waals surface area (Å²) in [4.78, 5) is 29.1. The third-order valence-corrected chi connectivity index (χ3v) is 22.1. The predicted molar refractivity (Wildman–Crippen MR) is 345 cm³/mol. The van der Waals surface area contributed by atoms with Crippen molar-refractivity contribution in [1.82, 2.24) is 53.6 Å². The van der Waals surface area contributed by atoms with Crippen LogP contribution in [0.3, 0.4) is 0 Å². The van der Waals surface area contributed by atoms with Gasteiger partial charge in [0, 0.05) is 52.4 Å². The smallest absolute Gasteiger partial charge is 0.514 e. The van der Waals surface area contributed by atoms with E-state index in [0.29, 0.717) is 57.7 Å². The molecule has 0 saturated heterocycles. The Morgan fingerprint density at radius 3 is 1.14 bits per heavy atom. The first-order chi connectivity index (χ1) is 42.2. The number of anilines is 1. The Balaban J connectivity index is 0.000000186. The number of nitrogens with two attached hydrogens (primary N) is 1. The molecular weight excluding hydrogens is 1500 g/mol. The molecule has 19 nitrogen and oxygen atoms in total. The molecule has 484 valence electrons. The van der Waals surface area contributed by atoms with Crippen LogP contribution in [0.1, 0.15) is 44.8 Å². The quantitative estimate of drug-likeness (QED) is 0.0378. The molecule has 0 bridgehead atoms. The Bertz CT molecular complexity index is 4960. The van der Waals surface area contributed by atoms with Gasteiger partial charge in [-0.1, -0.05) is 20.8 Å². The number of benzene rings is 3. The molecule has 0 aliphatic rings. The summed E-state index contributed by atoms with van der Waals surface area (Å²) in [5.74, 6) is 0.216. The fourth-order valence-corrected chi connectivity index (χ4v) is 15.0. The number of sulfone groups is 3. The van der Waals surface area contributed by atoms with Gasteiger partial charge in [-0.15, -0.1) is 22.7 Å². The Morgan fingerprint density at radius 2 is 0.870 bits per heavy atom. The molecule has 0 atom stereocenters. The monoisotopic (exact) mass is 1540 g/mol. The van der Waals surface area contributed by atoms with Gasteiger partial charge >= 0.3 is 69.9 Å². The Kier molecular flexibility index (Phi) is 22.9. The van der Waals surface area contributed by atoms with Crippen LogP contribution in [0.5, 0.6) is 0 Å². The summed E-state index contributed by atoms with van der Waals surface area (Å²) >= 11 is 24.9. The number of hydrogen-bond acceptors (Lipinski definition) is 20. The number of ether oxygens (including phenoxy) is 1. The van der Waals surface area contributed by atoms with Gasteiger partial charge in [-0.05, 0) is 102 Å². The number of rotatable bonds is 10. The molecule has 11 aromatic rings. The minimum Gasteiger partial charge on any atom is -0.514 e. The maximum Gasteiger partial charge on any atom is 1.00 e. The van der Waals surface area contributed by atoms with Crippen LogP contribution in [0.4, 0.5) is 45.2 Å². The number of imidazole rings is 3. The molecule has 4 N–H and O–H groups in total. The zero-order chi connectivity index (χ0) is 67.4. The van der Waals surface area contributed by atoms with Crippen molar-refractivity contribution in [2.75, 3.05) is 29.6 Å². The topological polar surface area (TPSA) is 261 Å². The summed E-state index contributed by atoms with van der Waals surface area (Å²) in [5.41, 5.74) is 6.13. The predicted octanol–water partition coefficient (Wildman–Crippen LogP) is 11.1. The molecule has 0 radical (unpaired) electrons. The number of alkyl halides is 9. The van der Waals surface area contributed by atoms with Crippen molar-refractivity contribution < 1.29 is 121 Å². The molecule has 39 heteroatoms. The summed E-state index contributed by atoms with van der Waals surface area (Å²) in [6.07, 6.45) is -10.6. The van der Waals surface area contributed by atoms with E-state index in [1.807, 2.05) is 6.92 Å². The van der Waals surface area contributed by atoms with Gasteiger partial charge in [0.25, 0.3) is 0 Å². The first-order valence-electron chi connectivity index (χ1n) is 25.9. The SMILES string of the molecule is CCOC(=S)[S-].CCS(=O)(=O)c1cc(N)c(Br)cc1-c1nc2cc(C(F)(F)F)ncc2n1C.CCS(=O)(=O)c1cc2[nH]c(=S)sc2cc1-c1nc2cc(C(F)(F)F)ncc2n1C.CCS(=O)(=O)c1cc2[nH]c(=S)sc2cc1-c1nc2cc(C(F)(F)F)ncc2n1C.[K+]. The van der Waals surface area contributed by atoms with E-state index in [9.17, 15) is 64.8 Å². The van der Waals surface area contributed by atoms with Crippen molar-refractivity contribution in [3.05, 3.63) is 103 Å². The summed E-state index contributed by atoms with van der Waals surface area (Å²) in [6, 6.07) is 11.6. The third kappa shape index (κ3) is 15.9. The molecule has 0 spiro atoms. The first kappa shape index (κ1) is 74.4. The second-order valence-electron chi connectivity index (χ2n) is 19.1. The number of thiocarbonyl (C=S) groups is 1. The van der Waals surface area contributed by atoms with Crippen molar-refractivity contribution in [1.29, 1.82) is 0 Å². The number of aromatic nitrogens is 11. The van der Waals surface area contributed by atoms with Crippen LogP contribution < -0.4 is 57.1 Å².